The van der Waals surface area contributed by atoms with E-state index in [9.17, 15) is 29.7 Å². The number of nitrogens with one attached hydrogen (secondary N) is 1. The summed E-state index contributed by atoms with van der Waals surface area (Å²) in [6.07, 6.45) is -0.624. The van der Waals surface area contributed by atoms with Gasteiger partial charge < -0.3 is 30.1 Å². The number of carbonyl (C=O) groups excluding carboxylic acids is 2. The number of aliphatic carboxylic acids is 1. The number of hydrogen-bond acceptors (Lipinski definition) is 8. The Balaban J connectivity index is 1.56. The summed E-state index contributed by atoms with van der Waals surface area (Å²) >= 11 is 0. The Bertz CT molecular complexity index is 1960. The van der Waals surface area contributed by atoms with E-state index < -0.39 is 53.4 Å². The molecule has 0 unspecified atom stereocenters. The highest BCUT2D eigenvalue weighted by Crippen LogP contribution is 2.65. The van der Waals surface area contributed by atoms with E-state index in [1.165, 1.54) is 0 Å². The second-order valence-corrected chi connectivity index (χ2v) is 12.2. The highest BCUT2D eigenvalue weighted by molar-refractivity contribution is 6.11. The van der Waals surface area contributed by atoms with E-state index in [0.29, 0.717) is 33.7 Å². The van der Waals surface area contributed by atoms with E-state index in [2.05, 4.69) is 17.2 Å². The second kappa shape index (κ2) is 13.2. The van der Waals surface area contributed by atoms with Crippen molar-refractivity contribution in [2.75, 3.05) is 25.1 Å². The zero-order valence-corrected chi connectivity index (χ0v) is 26.4. The minimum absolute atomic E-state index is 0.0489. The second-order valence-electron chi connectivity index (χ2n) is 12.2. The molecule has 10 nitrogen and oxygen atoms in total. The van der Waals surface area contributed by atoms with Crippen LogP contribution in [0.3, 0.4) is 0 Å². The Kier molecular flexibility index (Phi) is 8.65. The van der Waals surface area contributed by atoms with Crippen molar-refractivity contribution in [1.29, 1.82) is 0 Å². The molecule has 0 bridgehead atoms. The largest absolute Gasteiger partial charge is 0.491 e. The quantitative estimate of drug-likeness (QED) is 0.162. The van der Waals surface area contributed by atoms with Gasteiger partial charge in [0.15, 0.2) is 0 Å². The van der Waals surface area contributed by atoms with Gasteiger partial charge in [-0.05, 0) is 41.0 Å². The Hall–Kier alpha value is -5.47. The number of aliphatic hydroxyl groups excluding tert-OH is 2. The first-order valence-electron chi connectivity index (χ1n) is 16.1. The molecule has 0 saturated carbocycles. The lowest BCUT2D eigenvalue weighted by Crippen LogP contribution is -2.52. The summed E-state index contributed by atoms with van der Waals surface area (Å²) in [6.45, 7) is -0.451. The summed E-state index contributed by atoms with van der Waals surface area (Å²) in [5.74, 6) is 1.98. The zero-order chi connectivity index (χ0) is 34.1. The van der Waals surface area contributed by atoms with Gasteiger partial charge in [-0.25, -0.2) is 0 Å². The fourth-order valence-corrected chi connectivity index (χ4v) is 7.84. The number of morpholine rings is 1. The topological polar surface area (TPSA) is 146 Å². The van der Waals surface area contributed by atoms with Gasteiger partial charge in [0.05, 0.1) is 25.3 Å². The van der Waals surface area contributed by atoms with E-state index >= 15 is 0 Å². The van der Waals surface area contributed by atoms with E-state index in [1.54, 1.807) is 42.5 Å². The summed E-state index contributed by atoms with van der Waals surface area (Å²) in [4.78, 5) is 44.8. The van der Waals surface area contributed by atoms with Gasteiger partial charge in [-0.2, -0.15) is 0 Å². The van der Waals surface area contributed by atoms with Crippen molar-refractivity contribution in [1.82, 2.24) is 4.90 Å². The lowest BCUT2D eigenvalue weighted by Gasteiger charge is -2.46. The van der Waals surface area contributed by atoms with Crippen molar-refractivity contribution in [2.24, 2.45) is 5.92 Å². The Morgan fingerprint density at radius 2 is 1.57 bits per heavy atom. The molecule has 1 spiro atoms. The van der Waals surface area contributed by atoms with Crippen LogP contribution in [0.25, 0.3) is 0 Å². The number of benzene rings is 4. The normalized spacial score (nSPS) is 25.5. The standard InChI is InChI=1S/C39H34N2O8/c42-20-10-9-11-24-18-19-29-28(23-24)39(38(47)40-29)31(36(44)45)33-37(46)49-34(26-14-5-2-6-15-26)32(25-12-3-1-4-13-25)41(33)35(39)27-16-7-8-17-30(27)48-22-21-43/h1-8,12-19,23,31-35,42-43H,10,20-22H2,(H,40,47)(H,44,45)/t31-,32-,33-,34+,35+,39-/m0/s1. The number of amides is 1. The molecule has 3 heterocycles. The van der Waals surface area contributed by atoms with Gasteiger partial charge >= 0.3 is 11.9 Å². The molecule has 4 N–H and O–H groups in total. The summed E-state index contributed by atoms with van der Waals surface area (Å²) in [7, 11) is 0. The minimum Gasteiger partial charge on any atom is -0.491 e. The third kappa shape index (κ3) is 5.23. The van der Waals surface area contributed by atoms with Crippen molar-refractivity contribution in [3.63, 3.8) is 0 Å². The molecule has 0 aliphatic carbocycles. The molecule has 248 valence electrons. The van der Waals surface area contributed by atoms with Crippen LogP contribution in [0.2, 0.25) is 0 Å². The molecule has 1 amide bonds. The Morgan fingerprint density at radius 1 is 0.878 bits per heavy atom. The number of cyclic esters (lactones) is 1. The third-order valence-electron chi connectivity index (χ3n) is 9.61. The number of anilines is 1. The van der Waals surface area contributed by atoms with E-state index in [1.807, 2.05) is 65.6 Å². The lowest BCUT2D eigenvalue weighted by atomic mass is 9.65. The van der Waals surface area contributed by atoms with E-state index in [0.717, 1.165) is 5.56 Å². The van der Waals surface area contributed by atoms with Crippen LogP contribution in [-0.2, 0) is 24.5 Å². The SMILES string of the molecule is O=C1O[C@H](c2ccccc2)[C@H](c2ccccc2)N2[C@H]1[C@@H](C(=O)O)[C@]1(C(=O)Nc3ccc(C#CCCO)cc31)[C@H]2c1ccccc1OCCO. The number of carboxylic acids is 1. The third-order valence-corrected chi connectivity index (χ3v) is 9.61. The van der Waals surface area contributed by atoms with Crippen LogP contribution in [0.4, 0.5) is 5.69 Å². The number of para-hydroxylation sites is 1. The fraction of sp³-hybridized carbons (Fsp3) is 0.256. The van der Waals surface area contributed by atoms with Crippen molar-refractivity contribution >= 4 is 23.5 Å². The Morgan fingerprint density at radius 3 is 2.27 bits per heavy atom. The Labute approximate surface area is 282 Å². The van der Waals surface area contributed by atoms with Crippen LogP contribution in [0.15, 0.2) is 103 Å². The molecule has 10 heteroatoms. The number of nitrogens with zero attached hydrogens (tertiary/aromatic N) is 1. The van der Waals surface area contributed by atoms with Gasteiger partial charge in [0.2, 0.25) is 5.91 Å². The molecule has 4 aromatic rings. The van der Waals surface area contributed by atoms with Gasteiger partial charge in [-0.3, -0.25) is 19.3 Å². The van der Waals surface area contributed by atoms with Gasteiger partial charge in [0.25, 0.3) is 0 Å². The van der Waals surface area contributed by atoms with Crippen LogP contribution in [0.5, 0.6) is 5.75 Å². The van der Waals surface area contributed by atoms with Crippen molar-refractivity contribution < 1.29 is 39.2 Å². The number of aliphatic hydroxyl groups is 2. The van der Waals surface area contributed by atoms with E-state index in [4.69, 9.17) is 9.47 Å². The molecule has 3 aliphatic rings. The van der Waals surface area contributed by atoms with Crippen molar-refractivity contribution in [2.45, 2.75) is 36.1 Å². The summed E-state index contributed by atoms with van der Waals surface area (Å²) in [5.41, 5.74) is 1.39. The van der Waals surface area contributed by atoms with Gasteiger partial charge in [0.1, 0.15) is 35.8 Å². The minimum atomic E-state index is -1.86. The molecule has 3 aliphatic heterocycles. The smallest absolute Gasteiger partial charge is 0.325 e. The molecule has 4 aromatic carbocycles. The molecule has 6 atom stereocenters. The highest BCUT2D eigenvalue weighted by atomic mass is 16.6. The van der Waals surface area contributed by atoms with Crippen molar-refractivity contribution in [3.05, 3.63) is 131 Å². The number of carboxylic acid groups (broad SMARTS) is 1. The maximum absolute atomic E-state index is 14.8. The predicted octanol–water partition coefficient (Wildman–Crippen LogP) is 4.15. The highest BCUT2D eigenvalue weighted by Gasteiger charge is 2.74. The van der Waals surface area contributed by atoms with Crippen LogP contribution >= 0.6 is 0 Å². The first kappa shape index (κ1) is 32.1. The summed E-state index contributed by atoms with van der Waals surface area (Å²) in [5, 5.41) is 33.1. The van der Waals surface area contributed by atoms with E-state index in [-0.39, 0.29) is 26.2 Å². The number of rotatable bonds is 8. The lowest BCUT2D eigenvalue weighted by molar-refractivity contribution is -0.179. The van der Waals surface area contributed by atoms with Crippen LogP contribution in [0.1, 0.15) is 52.4 Å². The molecule has 2 saturated heterocycles. The molecular formula is C39H34N2O8. The summed E-state index contributed by atoms with van der Waals surface area (Å²) < 4.78 is 12.3. The molecule has 49 heavy (non-hydrogen) atoms. The molecule has 0 radical (unpaired) electrons. The monoisotopic (exact) mass is 658 g/mol. The number of esters is 1. The number of carbonyl (C=O) groups is 3. The van der Waals surface area contributed by atoms with Gasteiger partial charge in [-0.15, -0.1) is 0 Å². The van der Waals surface area contributed by atoms with Crippen LogP contribution in [-0.4, -0.2) is 63.9 Å². The van der Waals surface area contributed by atoms with Crippen LogP contribution in [0, 0.1) is 17.8 Å². The molecule has 7 rings (SSSR count). The zero-order valence-electron chi connectivity index (χ0n) is 26.4. The number of ether oxygens (including phenoxy) is 2. The van der Waals surface area contributed by atoms with Gasteiger partial charge in [0, 0.05) is 23.2 Å². The average Bonchev–Trinajstić information content (AvgIpc) is 3.60. The average molecular weight is 659 g/mol. The maximum Gasteiger partial charge on any atom is 0.325 e. The number of fused-ring (bicyclic) bond motifs is 3. The number of hydrogen-bond donors (Lipinski definition) is 4. The predicted molar refractivity (Wildman–Crippen MR) is 178 cm³/mol. The summed E-state index contributed by atoms with van der Waals surface area (Å²) in [6, 6.07) is 27.6. The maximum atomic E-state index is 14.8. The van der Waals surface area contributed by atoms with Gasteiger partial charge in [-0.1, -0.05) is 90.7 Å². The molecular weight excluding hydrogens is 624 g/mol. The fourth-order valence-electron chi connectivity index (χ4n) is 7.84. The molecule has 2 fully saturated rings. The van der Waals surface area contributed by atoms with Crippen LogP contribution < -0.4 is 10.1 Å². The first-order valence-corrected chi connectivity index (χ1v) is 16.1. The molecule has 0 aromatic heterocycles. The first-order chi connectivity index (χ1) is 23.9. The van der Waals surface area contributed by atoms with Crippen molar-refractivity contribution in [3.8, 4) is 17.6 Å².